The minimum atomic E-state index is -0.0687. The molecule has 4 heterocycles. The Morgan fingerprint density at radius 1 is 1.13 bits per heavy atom. The van der Waals surface area contributed by atoms with E-state index in [-0.39, 0.29) is 5.56 Å². The Morgan fingerprint density at radius 2 is 2.00 bits per heavy atom. The molecule has 0 radical (unpaired) electrons. The molecule has 0 saturated carbocycles. The van der Waals surface area contributed by atoms with E-state index in [1.807, 2.05) is 24.4 Å². The highest BCUT2D eigenvalue weighted by molar-refractivity contribution is 7.13. The van der Waals surface area contributed by atoms with Gasteiger partial charge >= 0.3 is 0 Å². The van der Waals surface area contributed by atoms with Crippen LogP contribution in [-0.2, 0) is 19.5 Å². The number of H-pyrrole nitrogens is 1. The number of benzene rings is 1. The lowest BCUT2D eigenvalue weighted by atomic mass is 10.1. The molecule has 1 aliphatic rings. The van der Waals surface area contributed by atoms with Crippen LogP contribution in [0.25, 0.3) is 22.0 Å². The van der Waals surface area contributed by atoms with Crippen LogP contribution >= 0.6 is 22.9 Å². The molecule has 1 N–H and O–H groups in total. The van der Waals surface area contributed by atoms with Gasteiger partial charge in [-0.15, -0.1) is 11.3 Å². The summed E-state index contributed by atoms with van der Waals surface area (Å²) in [6, 6.07) is 15.6. The summed E-state index contributed by atoms with van der Waals surface area (Å²) >= 11 is 7.65. The molecule has 4 aromatic rings. The maximum Gasteiger partial charge on any atom is 0.255 e. The maximum atomic E-state index is 12.7. The van der Waals surface area contributed by atoms with Gasteiger partial charge in [0.15, 0.2) is 0 Å². The van der Waals surface area contributed by atoms with Crippen molar-refractivity contribution < 1.29 is 0 Å². The van der Waals surface area contributed by atoms with E-state index in [0.29, 0.717) is 17.4 Å². The fourth-order valence-electron chi connectivity index (χ4n) is 3.71. The van der Waals surface area contributed by atoms with E-state index in [1.165, 1.54) is 4.88 Å². The lowest BCUT2D eigenvalue weighted by molar-refractivity contribution is 0.241. The molecule has 5 rings (SSSR count). The van der Waals surface area contributed by atoms with Crippen molar-refractivity contribution in [1.82, 2.24) is 19.9 Å². The largest absolute Gasteiger partial charge is 0.306 e. The van der Waals surface area contributed by atoms with Gasteiger partial charge in [0.25, 0.3) is 5.56 Å². The number of aromatic nitrogens is 3. The number of hydrogen-bond acceptors (Lipinski definition) is 5. The van der Waals surface area contributed by atoms with Gasteiger partial charge in [-0.2, -0.15) is 0 Å². The number of thiophene rings is 1. The summed E-state index contributed by atoms with van der Waals surface area (Å²) in [5.74, 6) is 0.595. The zero-order chi connectivity index (χ0) is 20.5. The zero-order valence-electron chi connectivity index (χ0n) is 16.1. The molecule has 0 fully saturated rings. The summed E-state index contributed by atoms with van der Waals surface area (Å²) in [6.07, 6.45) is 2.68. The number of halogens is 1. The monoisotopic (exact) mass is 434 g/mol. The van der Waals surface area contributed by atoms with E-state index in [2.05, 4.69) is 38.4 Å². The van der Waals surface area contributed by atoms with Gasteiger partial charge in [-0.05, 0) is 47.3 Å². The second-order valence-corrected chi connectivity index (χ2v) is 8.72. The van der Waals surface area contributed by atoms with Crippen molar-refractivity contribution in [3.05, 3.63) is 92.3 Å². The summed E-state index contributed by atoms with van der Waals surface area (Å²) < 4.78 is 0. The smallest absolute Gasteiger partial charge is 0.255 e. The SMILES string of the molecule is O=c1[nH]c(-c2ccc(Cl)cc2)nc2c1CN(Cc1ccc(-c3cccs3)nc1)CC2. The van der Waals surface area contributed by atoms with Gasteiger partial charge < -0.3 is 4.98 Å². The topological polar surface area (TPSA) is 61.9 Å². The first-order valence-corrected chi connectivity index (χ1v) is 11.0. The molecule has 5 nitrogen and oxygen atoms in total. The van der Waals surface area contributed by atoms with Crippen molar-refractivity contribution in [3.8, 4) is 22.0 Å². The first-order valence-electron chi connectivity index (χ1n) is 9.75. The highest BCUT2D eigenvalue weighted by atomic mass is 35.5. The van der Waals surface area contributed by atoms with Gasteiger partial charge in [0, 0.05) is 42.8 Å². The van der Waals surface area contributed by atoms with E-state index in [4.69, 9.17) is 16.6 Å². The predicted octanol–water partition coefficient (Wildman–Crippen LogP) is 4.77. The van der Waals surface area contributed by atoms with Crippen molar-refractivity contribution in [1.29, 1.82) is 0 Å². The van der Waals surface area contributed by atoms with Crippen molar-refractivity contribution in [2.24, 2.45) is 0 Å². The average Bonchev–Trinajstić information content (AvgIpc) is 3.30. The van der Waals surface area contributed by atoms with Crippen LogP contribution in [0.2, 0.25) is 5.02 Å². The highest BCUT2D eigenvalue weighted by Crippen LogP contribution is 2.24. The molecule has 7 heteroatoms. The number of nitrogens with one attached hydrogen (secondary N) is 1. The molecule has 0 amide bonds. The molecule has 0 atom stereocenters. The number of pyridine rings is 1. The number of aromatic amines is 1. The van der Waals surface area contributed by atoms with Crippen molar-refractivity contribution in [2.75, 3.05) is 6.54 Å². The van der Waals surface area contributed by atoms with Crippen LogP contribution in [0.5, 0.6) is 0 Å². The van der Waals surface area contributed by atoms with Crippen LogP contribution < -0.4 is 5.56 Å². The molecule has 0 bridgehead atoms. The van der Waals surface area contributed by atoms with E-state index >= 15 is 0 Å². The molecule has 150 valence electrons. The summed E-state index contributed by atoms with van der Waals surface area (Å²) in [7, 11) is 0. The van der Waals surface area contributed by atoms with Crippen LogP contribution in [-0.4, -0.2) is 26.4 Å². The van der Waals surface area contributed by atoms with Crippen LogP contribution in [0, 0.1) is 0 Å². The molecule has 0 spiro atoms. The Bertz CT molecular complexity index is 1220. The summed E-state index contributed by atoms with van der Waals surface area (Å²) in [5, 5.41) is 2.72. The molecular weight excluding hydrogens is 416 g/mol. The Labute approximate surface area is 183 Å². The lowest BCUT2D eigenvalue weighted by Crippen LogP contribution is -2.35. The van der Waals surface area contributed by atoms with Crippen LogP contribution in [0.1, 0.15) is 16.8 Å². The normalized spacial score (nSPS) is 13.9. The third kappa shape index (κ3) is 3.94. The Hall–Kier alpha value is -2.80. The van der Waals surface area contributed by atoms with Gasteiger partial charge in [-0.25, -0.2) is 4.98 Å². The lowest BCUT2D eigenvalue weighted by Gasteiger charge is -2.27. The molecular formula is C23H19ClN4OS. The number of nitrogens with zero attached hydrogens (tertiary/aromatic N) is 3. The van der Waals surface area contributed by atoms with Gasteiger partial charge in [0.2, 0.25) is 0 Å². The molecule has 1 aromatic carbocycles. The quantitative estimate of drug-likeness (QED) is 0.502. The molecule has 0 unspecified atom stereocenters. The van der Waals surface area contributed by atoms with Crippen LogP contribution in [0.4, 0.5) is 0 Å². The third-order valence-electron chi connectivity index (χ3n) is 5.27. The van der Waals surface area contributed by atoms with E-state index in [0.717, 1.165) is 47.6 Å². The highest BCUT2D eigenvalue weighted by Gasteiger charge is 2.21. The molecule has 30 heavy (non-hydrogen) atoms. The third-order valence-corrected chi connectivity index (χ3v) is 6.41. The maximum absolute atomic E-state index is 12.7. The van der Waals surface area contributed by atoms with Crippen LogP contribution in [0.15, 0.2) is 64.9 Å². The molecule has 0 saturated heterocycles. The predicted molar refractivity (Wildman–Crippen MR) is 121 cm³/mol. The molecule has 1 aliphatic heterocycles. The number of fused-ring (bicyclic) bond motifs is 1. The number of rotatable bonds is 4. The van der Waals surface area contributed by atoms with Gasteiger partial charge in [0.05, 0.1) is 21.8 Å². The van der Waals surface area contributed by atoms with Crippen molar-refractivity contribution >= 4 is 22.9 Å². The first-order chi connectivity index (χ1) is 14.7. The zero-order valence-corrected chi connectivity index (χ0v) is 17.7. The Morgan fingerprint density at radius 3 is 2.73 bits per heavy atom. The van der Waals surface area contributed by atoms with E-state index in [1.54, 1.807) is 23.5 Å². The minimum absolute atomic E-state index is 0.0687. The second-order valence-electron chi connectivity index (χ2n) is 7.34. The molecule has 0 aliphatic carbocycles. The average molecular weight is 435 g/mol. The number of hydrogen-bond donors (Lipinski definition) is 1. The second kappa shape index (κ2) is 8.14. The minimum Gasteiger partial charge on any atom is -0.306 e. The van der Waals surface area contributed by atoms with Gasteiger partial charge in [0.1, 0.15) is 5.82 Å². The van der Waals surface area contributed by atoms with Crippen LogP contribution in [0.3, 0.4) is 0 Å². The van der Waals surface area contributed by atoms with E-state index in [9.17, 15) is 4.79 Å². The van der Waals surface area contributed by atoms with Crippen molar-refractivity contribution in [3.63, 3.8) is 0 Å². The standard InChI is InChI=1S/C23H19ClN4OS/c24-17-6-4-16(5-7-17)22-26-19-9-10-28(14-18(19)23(29)27-22)13-15-3-8-20(25-12-15)21-2-1-11-30-21/h1-8,11-12H,9-10,13-14H2,(H,26,27,29). The fraction of sp³-hybridized carbons (Fsp3) is 0.174. The van der Waals surface area contributed by atoms with E-state index < -0.39 is 0 Å². The molecule has 3 aromatic heterocycles. The van der Waals surface area contributed by atoms with Gasteiger partial charge in [-0.3, -0.25) is 14.7 Å². The summed E-state index contributed by atoms with van der Waals surface area (Å²) in [4.78, 5) is 28.4. The van der Waals surface area contributed by atoms with Crippen molar-refractivity contribution in [2.45, 2.75) is 19.5 Å². The summed E-state index contributed by atoms with van der Waals surface area (Å²) in [6.45, 7) is 2.21. The first kappa shape index (κ1) is 19.2. The van der Waals surface area contributed by atoms with Gasteiger partial charge in [-0.1, -0.05) is 23.7 Å². The summed E-state index contributed by atoms with van der Waals surface area (Å²) in [5.41, 5.74) is 4.56. The Balaban J connectivity index is 1.32. The Kier molecular flexibility index (Phi) is 5.21. The fourth-order valence-corrected chi connectivity index (χ4v) is 4.54.